The molecule has 2 aliphatic heterocycles. The fourth-order valence-corrected chi connectivity index (χ4v) is 2.37. The van der Waals surface area contributed by atoms with Crippen LogP contribution in [0.25, 0.3) is 0 Å². The van der Waals surface area contributed by atoms with Crippen LogP contribution in [-0.2, 0) is 14.2 Å². The highest BCUT2D eigenvalue weighted by atomic mass is 16.7. The third kappa shape index (κ3) is 3.19. The molecule has 2 rings (SSSR count). The van der Waals surface area contributed by atoms with Gasteiger partial charge in [-0.05, 0) is 0 Å². The lowest BCUT2D eigenvalue weighted by atomic mass is 9.99. The average Bonchev–Trinajstić information content (AvgIpc) is 2.75. The van der Waals surface area contributed by atoms with E-state index in [1.165, 1.54) is 0 Å². The minimum Gasteiger partial charge on any atom is -0.394 e. The van der Waals surface area contributed by atoms with Crippen LogP contribution >= 0.6 is 0 Å². The zero-order valence-corrected chi connectivity index (χ0v) is 11.0. The zero-order chi connectivity index (χ0) is 15.7. The van der Waals surface area contributed by atoms with Crippen LogP contribution in [0.2, 0.25) is 0 Å². The molecular weight excluding hydrogens is 292 g/mol. The van der Waals surface area contributed by atoms with E-state index in [2.05, 4.69) is 0 Å². The van der Waals surface area contributed by atoms with Crippen LogP contribution in [0.15, 0.2) is 0 Å². The molecular formula is C11H20O10. The van der Waals surface area contributed by atoms with Crippen molar-refractivity contribution in [3.05, 3.63) is 0 Å². The summed E-state index contributed by atoms with van der Waals surface area (Å²) in [6.07, 6.45) is -12.8. The number of hydrogen-bond acceptors (Lipinski definition) is 10. The second-order valence-electron chi connectivity index (χ2n) is 5.04. The lowest BCUT2D eigenvalue weighted by Crippen LogP contribution is -2.60. The molecule has 9 atom stereocenters. The van der Waals surface area contributed by atoms with Crippen LogP contribution in [0.1, 0.15) is 0 Å². The van der Waals surface area contributed by atoms with Crippen LogP contribution in [0.5, 0.6) is 0 Å². The summed E-state index contributed by atoms with van der Waals surface area (Å²) in [4.78, 5) is 0. The van der Waals surface area contributed by atoms with Crippen molar-refractivity contribution < 1.29 is 50.0 Å². The van der Waals surface area contributed by atoms with Crippen LogP contribution in [0.4, 0.5) is 0 Å². The highest BCUT2D eigenvalue weighted by Gasteiger charge is 2.49. The van der Waals surface area contributed by atoms with E-state index in [9.17, 15) is 25.5 Å². The summed E-state index contributed by atoms with van der Waals surface area (Å²) in [6.45, 7) is -1.18. The molecule has 2 saturated heterocycles. The van der Waals surface area contributed by atoms with E-state index < -0.39 is 68.5 Å². The number of ether oxygens (including phenoxy) is 3. The van der Waals surface area contributed by atoms with Gasteiger partial charge in [-0.2, -0.15) is 0 Å². The van der Waals surface area contributed by atoms with Crippen molar-refractivity contribution >= 4 is 0 Å². The van der Waals surface area contributed by atoms with E-state index in [0.717, 1.165) is 0 Å². The van der Waals surface area contributed by atoms with Crippen LogP contribution < -0.4 is 0 Å². The molecule has 2 aliphatic rings. The first-order valence-corrected chi connectivity index (χ1v) is 6.49. The molecule has 0 aromatic rings. The SMILES string of the molecule is OC[C@H]1O[C@@H](O[C@H]2[C@H](O)[C@H](O)O[C@@H]2CO)[C@H](O)[C@@H](O)[C@H]1O. The third-order valence-corrected chi connectivity index (χ3v) is 3.63. The fourth-order valence-electron chi connectivity index (χ4n) is 2.37. The molecule has 0 saturated carbocycles. The van der Waals surface area contributed by atoms with Crippen molar-refractivity contribution in [1.82, 2.24) is 0 Å². The maximum atomic E-state index is 9.80. The minimum atomic E-state index is -1.65. The van der Waals surface area contributed by atoms with Crippen molar-refractivity contribution in [3.63, 3.8) is 0 Å². The van der Waals surface area contributed by atoms with Crippen molar-refractivity contribution in [3.8, 4) is 0 Å². The molecule has 0 radical (unpaired) electrons. The monoisotopic (exact) mass is 312 g/mol. The lowest BCUT2D eigenvalue weighted by molar-refractivity contribution is -0.318. The molecule has 2 heterocycles. The Kier molecular flexibility index (Phi) is 5.48. The molecule has 0 aromatic carbocycles. The van der Waals surface area contributed by atoms with Gasteiger partial charge in [0.2, 0.25) is 0 Å². The molecule has 0 amide bonds. The molecule has 124 valence electrons. The van der Waals surface area contributed by atoms with Gasteiger partial charge in [0, 0.05) is 0 Å². The Bertz CT molecular complexity index is 339. The van der Waals surface area contributed by atoms with Gasteiger partial charge in [-0.15, -0.1) is 0 Å². The van der Waals surface area contributed by atoms with Crippen LogP contribution in [0, 0.1) is 0 Å². The van der Waals surface area contributed by atoms with Gasteiger partial charge in [0.05, 0.1) is 13.2 Å². The van der Waals surface area contributed by atoms with Gasteiger partial charge >= 0.3 is 0 Å². The zero-order valence-electron chi connectivity index (χ0n) is 11.0. The first-order valence-electron chi connectivity index (χ1n) is 6.49. The first kappa shape index (κ1) is 17.0. The minimum absolute atomic E-state index is 0.559. The molecule has 21 heavy (non-hydrogen) atoms. The van der Waals surface area contributed by atoms with E-state index in [0.29, 0.717) is 0 Å². The Morgan fingerprint density at radius 1 is 0.714 bits per heavy atom. The molecule has 0 aliphatic carbocycles. The van der Waals surface area contributed by atoms with Gasteiger partial charge < -0.3 is 50.0 Å². The lowest BCUT2D eigenvalue weighted by Gasteiger charge is -2.41. The van der Waals surface area contributed by atoms with Crippen molar-refractivity contribution in [2.45, 2.75) is 55.3 Å². The van der Waals surface area contributed by atoms with Gasteiger partial charge in [-0.3, -0.25) is 0 Å². The second kappa shape index (κ2) is 6.79. The number of aliphatic hydroxyl groups is 7. The fraction of sp³-hybridized carbons (Fsp3) is 1.00. The summed E-state index contributed by atoms with van der Waals surface area (Å²) in [5.41, 5.74) is 0. The predicted octanol–water partition coefficient (Wildman–Crippen LogP) is -4.76. The van der Waals surface area contributed by atoms with Gasteiger partial charge in [-0.1, -0.05) is 0 Å². The van der Waals surface area contributed by atoms with E-state index in [4.69, 9.17) is 24.4 Å². The third-order valence-electron chi connectivity index (χ3n) is 3.63. The summed E-state index contributed by atoms with van der Waals surface area (Å²) in [5, 5.41) is 66.3. The summed E-state index contributed by atoms with van der Waals surface area (Å²) in [6, 6.07) is 0. The van der Waals surface area contributed by atoms with Gasteiger partial charge in [0.1, 0.15) is 42.7 Å². The van der Waals surface area contributed by atoms with Crippen LogP contribution in [0.3, 0.4) is 0 Å². The summed E-state index contributed by atoms with van der Waals surface area (Å²) in [5.74, 6) is 0. The Balaban J connectivity index is 2.07. The average molecular weight is 312 g/mol. The maximum absolute atomic E-state index is 9.80. The van der Waals surface area contributed by atoms with Gasteiger partial charge in [-0.25, -0.2) is 0 Å². The molecule has 2 fully saturated rings. The standard InChI is InChI=1S/C11H20O10/c12-1-3-5(14)6(15)7(16)11(20-3)21-9-4(2-13)19-10(18)8(9)17/h3-18H,1-2H2/t3-,4-,5+,6+,7-,8+,9-,10-,11+/m1/s1. The topological polar surface area (TPSA) is 169 Å². The number of hydrogen-bond donors (Lipinski definition) is 7. The first-order chi connectivity index (χ1) is 9.90. The number of rotatable bonds is 4. The predicted molar refractivity (Wildman–Crippen MR) is 62.6 cm³/mol. The normalized spacial score (nSPS) is 51.3. The second-order valence-corrected chi connectivity index (χ2v) is 5.04. The van der Waals surface area contributed by atoms with Crippen molar-refractivity contribution in [2.24, 2.45) is 0 Å². The van der Waals surface area contributed by atoms with E-state index >= 15 is 0 Å². The van der Waals surface area contributed by atoms with E-state index in [-0.39, 0.29) is 0 Å². The van der Waals surface area contributed by atoms with Crippen molar-refractivity contribution in [2.75, 3.05) is 13.2 Å². The Hall–Kier alpha value is -0.400. The molecule has 0 bridgehead atoms. The van der Waals surface area contributed by atoms with Gasteiger partial charge in [0.25, 0.3) is 0 Å². The maximum Gasteiger partial charge on any atom is 0.187 e. The van der Waals surface area contributed by atoms with Gasteiger partial charge in [0.15, 0.2) is 12.6 Å². The smallest absolute Gasteiger partial charge is 0.187 e. The Morgan fingerprint density at radius 2 is 1.33 bits per heavy atom. The highest BCUT2D eigenvalue weighted by Crippen LogP contribution is 2.28. The molecule has 0 unspecified atom stereocenters. The van der Waals surface area contributed by atoms with E-state index in [1.807, 2.05) is 0 Å². The number of aliphatic hydroxyl groups excluding tert-OH is 7. The van der Waals surface area contributed by atoms with Crippen LogP contribution in [-0.4, -0.2) is 104 Å². The summed E-state index contributed by atoms with van der Waals surface area (Å²) >= 11 is 0. The Morgan fingerprint density at radius 3 is 1.90 bits per heavy atom. The van der Waals surface area contributed by atoms with Crippen molar-refractivity contribution in [1.29, 1.82) is 0 Å². The summed E-state index contributed by atoms with van der Waals surface area (Å²) < 4.78 is 15.2. The Labute approximate surface area is 119 Å². The molecule has 10 heteroatoms. The molecule has 7 N–H and O–H groups in total. The van der Waals surface area contributed by atoms with E-state index in [1.54, 1.807) is 0 Å². The molecule has 0 spiro atoms. The highest BCUT2D eigenvalue weighted by molar-refractivity contribution is 4.92. The largest absolute Gasteiger partial charge is 0.394 e. The summed E-state index contributed by atoms with van der Waals surface area (Å²) in [7, 11) is 0. The quantitative estimate of drug-likeness (QED) is 0.267. The molecule has 10 nitrogen and oxygen atoms in total. The molecule has 0 aromatic heterocycles.